The quantitative estimate of drug-likeness (QED) is 0.291. The Balaban J connectivity index is 1.35. The van der Waals surface area contributed by atoms with Crippen molar-refractivity contribution in [2.75, 3.05) is 13.2 Å². The molecule has 1 aromatic heterocycles. The smallest absolute Gasteiger partial charge is 0.234 e. The number of hydrogen-bond donors (Lipinski definition) is 2. The van der Waals surface area contributed by atoms with E-state index in [0.717, 1.165) is 51.7 Å². The standard InChI is InChI=1S/C29H32BrNO5S/c1-2-4-17(11-18-12-20(30)7-8-24(18)33)6-9-25-26-19(15-32)13-22-27(23(26)16-36-25)29(35)31(28(22)34)14-21-5-3-10-37-21/h3,5,7-8,10-12,22-23,25,27,32-33H,2,4,6,9,13-16H2,1H3/b17-11+/t22-,23+,25-,27-/m1/s1. The van der Waals surface area contributed by atoms with E-state index in [0.29, 0.717) is 19.6 Å². The highest BCUT2D eigenvalue weighted by molar-refractivity contribution is 9.10. The summed E-state index contributed by atoms with van der Waals surface area (Å²) in [5, 5.41) is 22.5. The number of ether oxygens (including phenoxy) is 1. The van der Waals surface area contributed by atoms with Crippen LogP contribution in [0.5, 0.6) is 5.75 Å². The van der Waals surface area contributed by atoms with Crippen molar-refractivity contribution >= 4 is 45.2 Å². The van der Waals surface area contributed by atoms with Crippen LogP contribution in [0.15, 0.2) is 56.9 Å². The average Bonchev–Trinajstić information content (AvgIpc) is 3.61. The highest BCUT2D eigenvalue weighted by Gasteiger charge is 2.56. The van der Waals surface area contributed by atoms with E-state index in [4.69, 9.17) is 4.74 Å². The van der Waals surface area contributed by atoms with Crippen LogP contribution in [-0.4, -0.2) is 46.2 Å². The summed E-state index contributed by atoms with van der Waals surface area (Å²) in [4.78, 5) is 29.1. The number of rotatable bonds is 9. The second kappa shape index (κ2) is 11.2. The molecule has 2 saturated heterocycles. The number of aliphatic hydroxyl groups excluding tert-OH is 1. The fourth-order valence-corrected chi connectivity index (χ4v) is 7.24. The molecule has 0 radical (unpaired) electrons. The molecule has 3 aliphatic rings. The Morgan fingerprint density at radius 1 is 1.22 bits per heavy atom. The van der Waals surface area contributed by atoms with Crippen molar-refractivity contribution < 1.29 is 24.5 Å². The number of fused-ring (bicyclic) bond motifs is 3. The van der Waals surface area contributed by atoms with Crippen LogP contribution in [0, 0.1) is 17.8 Å². The van der Waals surface area contributed by atoms with Gasteiger partial charge in [0.1, 0.15) is 5.75 Å². The SMILES string of the molecule is CCC/C(=C\c1cc(Br)ccc1O)CC[C@H]1OC[C@H]2C1=C(CO)C[C@H]1C(=O)N(Cc3cccs3)C(=O)[C@H]12. The predicted molar refractivity (Wildman–Crippen MR) is 147 cm³/mol. The molecule has 1 aliphatic carbocycles. The zero-order valence-electron chi connectivity index (χ0n) is 20.9. The van der Waals surface area contributed by atoms with Crippen LogP contribution in [-0.2, 0) is 20.9 Å². The van der Waals surface area contributed by atoms with Crippen molar-refractivity contribution in [3.63, 3.8) is 0 Å². The lowest BCUT2D eigenvalue weighted by molar-refractivity contribution is -0.140. The van der Waals surface area contributed by atoms with Crippen LogP contribution in [0.3, 0.4) is 0 Å². The van der Waals surface area contributed by atoms with E-state index < -0.39 is 11.8 Å². The molecule has 1 aromatic carbocycles. The van der Waals surface area contributed by atoms with Gasteiger partial charge in [0.05, 0.1) is 37.7 Å². The highest BCUT2D eigenvalue weighted by Crippen LogP contribution is 2.50. The van der Waals surface area contributed by atoms with Crippen LogP contribution in [0.1, 0.15) is 49.5 Å². The maximum Gasteiger partial charge on any atom is 0.234 e. The van der Waals surface area contributed by atoms with Gasteiger partial charge < -0.3 is 14.9 Å². The number of allylic oxidation sites excluding steroid dienone is 1. The van der Waals surface area contributed by atoms with E-state index in [1.165, 1.54) is 10.5 Å². The van der Waals surface area contributed by atoms with Crippen molar-refractivity contribution in [2.24, 2.45) is 17.8 Å². The van der Waals surface area contributed by atoms with Crippen molar-refractivity contribution in [3.8, 4) is 5.75 Å². The first-order valence-electron chi connectivity index (χ1n) is 12.9. The largest absolute Gasteiger partial charge is 0.507 e. The number of hydrogen-bond acceptors (Lipinski definition) is 6. The van der Waals surface area contributed by atoms with Gasteiger partial charge in [0.2, 0.25) is 11.8 Å². The number of aliphatic hydroxyl groups is 1. The lowest BCUT2D eigenvalue weighted by Crippen LogP contribution is -2.34. The Morgan fingerprint density at radius 3 is 2.78 bits per heavy atom. The molecule has 0 bridgehead atoms. The van der Waals surface area contributed by atoms with Gasteiger partial charge in [-0.15, -0.1) is 11.3 Å². The van der Waals surface area contributed by atoms with E-state index in [1.807, 2.05) is 29.6 Å². The summed E-state index contributed by atoms with van der Waals surface area (Å²) in [6.07, 6.45) is 5.69. The first kappa shape index (κ1) is 26.4. The van der Waals surface area contributed by atoms with E-state index in [1.54, 1.807) is 17.4 Å². The fraction of sp³-hybridized carbons (Fsp3) is 0.448. The summed E-state index contributed by atoms with van der Waals surface area (Å²) in [5.74, 6) is -0.979. The van der Waals surface area contributed by atoms with Crippen LogP contribution < -0.4 is 0 Å². The molecule has 3 heterocycles. The highest BCUT2D eigenvalue weighted by atomic mass is 79.9. The molecule has 2 fully saturated rings. The third kappa shape index (κ3) is 5.21. The van der Waals surface area contributed by atoms with Crippen LogP contribution in [0.25, 0.3) is 6.08 Å². The second-order valence-electron chi connectivity index (χ2n) is 10.1. The van der Waals surface area contributed by atoms with E-state index in [9.17, 15) is 19.8 Å². The minimum absolute atomic E-state index is 0.108. The molecule has 0 saturated carbocycles. The van der Waals surface area contributed by atoms with E-state index in [2.05, 4.69) is 28.9 Å². The van der Waals surface area contributed by atoms with Crippen molar-refractivity contribution in [2.45, 2.75) is 51.7 Å². The Kier molecular flexibility index (Phi) is 8.00. The van der Waals surface area contributed by atoms with Crippen LogP contribution in [0.2, 0.25) is 0 Å². The monoisotopic (exact) mass is 585 g/mol. The van der Waals surface area contributed by atoms with Crippen molar-refractivity contribution in [1.29, 1.82) is 0 Å². The number of amides is 2. The summed E-state index contributed by atoms with van der Waals surface area (Å²) in [6.45, 7) is 2.73. The number of phenols is 1. The van der Waals surface area contributed by atoms with Gasteiger partial charge in [0.15, 0.2) is 0 Å². The maximum absolute atomic E-state index is 13.5. The maximum atomic E-state index is 13.5. The number of carbonyl (C=O) groups is 2. The molecule has 196 valence electrons. The van der Waals surface area contributed by atoms with Gasteiger partial charge in [-0.3, -0.25) is 14.5 Å². The Morgan fingerprint density at radius 2 is 2.05 bits per heavy atom. The third-order valence-corrected chi connectivity index (χ3v) is 9.19. The van der Waals surface area contributed by atoms with Gasteiger partial charge in [-0.1, -0.05) is 47.0 Å². The van der Waals surface area contributed by atoms with Crippen LogP contribution in [0.4, 0.5) is 0 Å². The van der Waals surface area contributed by atoms with Gasteiger partial charge in [0, 0.05) is 20.8 Å². The number of aromatic hydroxyl groups is 1. The van der Waals surface area contributed by atoms with E-state index in [-0.39, 0.29) is 36.2 Å². The molecule has 2 aromatic rings. The molecule has 2 N–H and O–H groups in total. The Labute approximate surface area is 229 Å². The lowest BCUT2D eigenvalue weighted by atomic mass is 9.69. The molecule has 0 spiro atoms. The first-order chi connectivity index (χ1) is 17.9. The number of carbonyl (C=O) groups excluding carboxylic acids is 2. The normalized spacial score (nSPS) is 25.7. The third-order valence-electron chi connectivity index (χ3n) is 7.83. The predicted octanol–water partition coefficient (Wildman–Crippen LogP) is 5.69. The zero-order chi connectivity index (χ0) is 26.1. The topological polar surface area (TPSA) is 87.1 Å². The average molecular weight is 587 g/mol. The Bertz CT molecular complexity index is 1240. The minimum Gasteiger partial charge on any atom is -0.507 e. The van der Waals surface area contributed by atoms with Gasteiger partial charge >= 0.3 is 0 Å². The van der Waals surface area contributed by atoms with Gasteiger partial charge in [-0.25, -0.2) is 0 Å². The summed E-state index contributed by atoms with van der Waals surface area (Å²) in [5.41, 5.74) is 3.89. The summed E-state index contributed by atoms with van der Waals surface area (Å²) in [7, 11) is 0. The molecule has 6 nitrogen and oxygen atoms in total. The van der Waals surface area contributed by atoms with E-state index >= 15 is 0 Å². The number of nitrogens with zero attached hydrogens (tertiary/aromatic N) is 1. The fourth-order valence-electron chi connectivity index (χ4n) is 6.17. The minimum atomic E-state index is -0.416. The molecule has 37 heavy (non-hydrogen) atoms. The molecule has 0 unspecified atom stereocenters. The first-order valence-corrected chi connectivity index (χ1v) is 14.6. The molecular formula is C29H32BrNO5S. The Hall–Kier alpha value is -2.26. The number of benzene rings is 1. The number of thiophene rings is 1. The van der Waals surface area contributed by atoms with Crippen molar-refractivity contribution in [1.82, 2.24) is 4.90 Å². The van der Waals surface area contributed by atoms with Gasteiger partial charge in [-0.2, -0.15) is 0 Å². The van der Waals surface area contributed by atoms with Crippen molar-refractivity contribution in [3.05, 3.63) is 67.3 Å². The summed E-state index contributed by atoms with van der Waals surface area (Å²) >= 11 is 5.02. The summed E-state index contributed by atoms with van der Waals surface area (Å²) < 4.78 is 7.16. The van der Waals surface area contributed by atoms with Crippen LogP contribution >= 0.6 is 27.3 Å². The van der Waals surface area contributed by atoms with Gasteiger partial charge in [0.25, 0.3) is 0 Å². The van der Waals surface area contributed by atoms with Gasteiger partial charge in [-0.05, 0) is 66.5 Å². The number of phenolic OH excluding ortho intramolecular Hbond substituents is 1. The molecule has 2 amide bonds. The molecule has 4 atom stereocenters. The molecule has 2 aliphatic heterocycles. The summed E-state index contributed by atoms with van der Waals surface area (Å²) in [6, 6.07) is 9.28. The number of halogens is 1. The number of imide groups is 1. The number of likely N-dealkylation sites (tertiary alicyclic amines) is 1. The lowest BCUT2D eigenvalue weighted by Gasteiger charge is -2.31. The molecular weight excluding hydrogens is 554 g/mol. The molecule has 5 rings (SSSR count). The second-order valence-corrected chi connectivity index (χ2v) is 12.1. The zero-order valence-corrected chi connectivity index (χ0v) is 23.3. The molecule has 8 heteroatoms.